The number of nitrogens with zero attached hydrogens (tertiary/aromatic N) is 3. The van der Waals surface area contributed by atoms with E-state index in [-0.39, 0.29) is 36.9 Å². The van der Waals surface area contributed by atoms with Crippen molar-refractivity contribution in [1.82, 2.24) is 9.78 Å². The second-order valence-corrected chi connectivity index (χ2v) is 6.10. The molecule has 2 aromatic rings. The molecule has 0 fully saturated rings. The Bertz CT molecular complexity index is 828. The SMILES string of the molecule is C.C[C@H]1CN(c2ccc(C(F)(F)F)c(Cl)c2)C(=O)c2c(B(O)O)cnn21. The van der Waals surface area contributed by atoms with E-state index in [2.05, 4.69) is 5.10 Å². The second-order valence-electron chi connectivity index (χ2n) is 5.69. The smallest absolute Gasteiger partial charge is 0.423 e. The summed E-state index contributed by atoms with van der Waals surface area (Å²) in [5, 5.41) is 22.2. The van der Waals surface area contributed by atoms with Gasteiger partial charge in [-0.2, -0.15) is 18.3 Å². The topological polar surface area (TPSA) is 78.6 Å². The summed E-state index contributed by atoms with van der Waals surface area (Å²) in [7, 11) is -1.89. The van der Waals surface area contributed by atoms with Crippen LogP contribution < -0.4 is 10.4 Å². The van der Waals surface area contributed by atoms with Crippen LogP contribution in [0.25, 0.3) is 0 Å². The van der Waals surface area contributed by atoms with Gasteiger partial charge in [0.15, 0.2) is 0 Å². The number of benzene rings is 1. The molecule has 0 saturated heterocycles. The first-order chi connectivity index (χ1) is 11.6. The van der Waals surface area contributed by atoms with Gasteiger partial charge >= 0.3 is 13.3 Å². The van der Waals surface area contributed by atoms with Crippen molar-refractivity contribution in [3.8, 4) is 0 Å². The maximum atomic E-state index is 12.8. The summed E-state index contributed by atoms with van der Waals surface area (Å²) >= 11 is 5.72. The lowest BCUT2D eigenvalue weighted by molar-refractivity contribution is -0.137. The average Bonchev–Trinajstić information content (AvgIpc) is 2.95. The molecule has 0 unspecified atom stereocenters. The molecule has 140 valence electrons. The van der Waals surface area contributed by atoms with Crippen molar-refractivity contribution in [2.45, 2.75) is 26.6 Å². The van der Waals surface area contributed by atoms with E-state index in [1.165, 1.54) is 15.8 Å². The molecule has 1 aliphatic heterocycles. The fourth-order valence-corrected chi connectivity index (χ4v) is 3.08. The van der Waals surface area contributed by atoms with Crippen molar-refractivity contribution in [2.75, 3.05) is 11.4 Å². The first kappa shape index (κ1) is 20.3. The zero-order chi connectivity index (χ0) is 18.5. The molecule has 1 atom stereocenters. The molecule has 1 aromatic heterocycles. The molecule has 26 heavy (non-hydrogen) atoms. The molecule has 1 aliphatic rings. The molecule has 0 aliphatic carbocycles. The van der Waals surface area contributed by atoms with Crippen molar-refractivity contribution < 1.29 is 28.0 Å². The van der Waals surface area contributed by atoms with Crippen molar-refractivity contribution in [3.63, 3.8) is 0 Å². The maximum absolute atomic E-state index is 12.8. The molecule has 0 radical (unpaired) electrons. The Morgan fingerprint density at radius 2 is 2.00 bits per heavy atom. The lowest BCUT2D eigenvalue weighted by atomic mass is 9.80. The standard InChI is InChI=1S/C14H12BClF3N3O3.CH4/c1-7-6-21(8-2-3-9(11(16)4-8)14(17,18)19)13(23)12-10(15(24)25)5-20-22(7)12;/h2-5,7,24-25H,6H2,1H3;1H4/t7-;/m0./s1. The minimum Gasteiger partial charge on any atom is -0.423 e. The number of hydrogen-bond acceptors (Lipinski definition) is 4. The lowest BCUT2D eigenvalue weighted by Crippen LogP contribution is -2.47. The highest BCUT2D eigenvalue weighted by molar-refractivity contribution is 6.60. The number of rotatable bonds is 2. The molecular weight excluding hydrogens is 373 g/mol. The van der Waals surface area contributed by atoms with Crippen LogP contribution in [0, 0.1) is 0 Å². The van der Waals surface area contributed by atoms with Gasteiger partial charge in [-0.05, 0) is 25.1 Å². The summed E-state index contributed by atoms with van der Waals surface area (Å²) in [6.07, 6.45) is -3.42. The lowest BCUT2D eigenvalue weighted by Gasteiger charge is -2.32. The normalized spacial score (nSPS) is 17.0. The second kappa shape index (κ2) is 6.94. The van der Waals surface area contributed by atoms with E-state index >= 15 is 0 Å². The van der Waals surface area contributed by atoms with Gasteiger partial charge in [-0.1, -0.05) is 19.0 Å². The van der Waals surface area contributed by atoms with Crippen molar-refractivity contribution in [2.24, 2.45) is 0 Å². The highest BCUT2D eigenvalue weighted by Crippen LogP contribution is 2.37. The Balaban J connectivity index is 0.00000243. The fraction of sp³-hybridized carbons (Fsp3) is 0.333. The quantitative estimate of drug-likeness (QED) is 0.771. The van der Waals surface area contributed by atoms with E-state index in [4.69, 9.17) is 11.6 Å². The minimum absolute atomic E-state index is 0. The number of alkyl halides is 3. The van der Waals surface area contributed by atoms with Gasteiger partial charge in [0.2, 0.25) is 0 Å². The molecule has 1 amide bonds. The minimum atomic E-state index is -4.60. The number of fused-ring (bicyclic) bond motifs is 1. The Kier molecular flexibility index (Phi) is 5.41. The van der Waals surface area contributed by atoms with E-state index in [9.17, 15) is 28.0 Å². The van der Waals surface area contributed by atoms with E-state index in [0.29, 0.717) is 0 Å². The Hall–Kier alpha value is -2.04. The molecule has 2 N–H and O–H groups in total. The van der Waals surface area contributed by atoms with Gasteiger partial charge in [-0.15, -0.1) is 0 Å². The van der Waals surface area contributed by atoms with Gasteiger partial charge in [0.05, 0.1) is 16.6 Å². The monoisotopic (exact) mass is 389 g/mol. The highest BCUT2D eigenvalue weighted by Gasteiger charge is 2.37. The molecule has 1 aromatic carbocycles. The van der Waals surface area contributed by atoms with Crippen LogP contribution >= 0.6 is 11.6 Å². The summed E-state index contributed by atoms with van der Waals surface area (Å²) in [4.78, 5) is 14.0. The zero-order valence-electron chi connectivity index (χ0n) is 12.8. The Morgan fingerprint density at radius 1 is 1.35 bits per heavy atom. The first-order valence-electron chi connectivity index (χ1n) is 7.23. The van der Waals surface area contributed by atoms with Crippen molar-refractivity contribution in [3.05, 3.63) is 40.7 Å². The van der Waals surface area contributed by atoms with Crippen LogP contribution in [0.5, 0.6) is 0 Å². The summed E-state index contributed by atoms with van der Waals surface area (Å²) in [5.41, 5.74) is -0.906. The van der Waals surface area contributed by atoms with Gasteiger partial charge in [-0.3, -0.25) is 9.48 Å². The number of carbonyl (C=O) groups excluding carboxylic acids is 1. The third kappa shape index (κ3) is 3.32. The zero-order valence-corrected chi connectivity index (χ0v) is 13.6. The van der Waals surface area contributed by atoms with Gasteiger partial charge in [0.1, 0.15) is 5.69 Å². The molecular formula is C15H16BClF3N3O3. The predicted molar refractivity (Wildman–Crippen MR) is 91.6 cm³/mol. The number of carbonyl (C=O) groups is 1. The number of amides is 1. The molecule has 0 spiro atoms. The van der Waals surface area contributed by atoms with Crippen LogP contribution in [0.15, 0.2) is 24.4 Å². The average molecular weight is 390 g/mol. The van der Waals surface area contributed by atoms with Crippen molar-refractivity contribution >= 4 is 35.8 Å². The van der Waals surface area contributed by atoms with Crippen LogP contribution in [-0.2, 0) is 6.18 Å². The molecule has 6 nitrogen and oxygen atoms in total. The van der Waals surface area contributed by atoms with Gasteiger partial charge < -0.3 is 14.9 Å². The third-order valence-electron chi connectivity index (χ3n) is 3.98. The summed E-state index contributed by atoms with van der Waals surface area (Å²) < 4.78 is 39.8. The molecule has 2 heterocycles. The van der Waals surface area contributed by atoms with Crippen LogP contribution in [0.3, 0.4) is 0 Å². The summed E-state index contributed by atoms with van der Waals surface area (Å²) in [6, 6.07) is 2.71. The van der Waals surface area contributed by atoms with E-state index in [1.54, 1.807) is 6.92 Å². The molecule has 3 rings (SSSR count). The molecule has 0 saturated carbocycles. The first-order valence-corrected chi connectivity index (χ1v) is 7.61. The van der Waals surface area contributed by atoms with Crippen LogP contribution in [0.1, 0.15) is 36.4 Å². The van der Waals surface area contributed by atoms with Crippen LogP contribution in [0.2, 0.25) is 5.02 Å². The van der Waals surface area contributed by atoms with Gasteiger partial charge in [0, 0.05) is 23.9 Å². The van der Waals surface area contributed by atoms with E-state index < -0.39 is 29.8 Å². The summed E-state index contributed by atoms with van der Waals surface area (Å²) in [5.74, 6) is -0.602. The van der Waals surface area contributed by atoms with Crippen LogP contribution in [-0.4, -0.2) is 39.4 Å². The van der Waals surface area contributed by atoms with E-state index in [0.717, 1.165) is 18.2 Å². The predicted octanol–water partition coefficient (Wildman–Crippen LogP) is 2.09. The Morgan fingerprint density at radius 3 is 2.54 bits per heavy atom. The van der Waals surface area contributed by atoms with Gasteiger partial charge in [-0.25, -0.2) is 0 Å². The number of hydrogen-bond donors (Lipinski definition) is 2. The Labute approximate surface area is 152 Å². The molecule has 11 heteroatoms. The van der Waals surface area contributed by atoms with Gasteiger partial charge in [0.25, 0.3) is 5.91 Å². The number of anilines is 1. The maximum Gasteiger partial charge on any atom is 0.492 e. The van der Waals surface area contributed by atoms with Crippen molar-refractivity contribution in [1.29, 1.82) is 0 Å². The van der Waals surface area contributed by atoms with Crippen LogP contribution in [0.4, 0.5) is 18.9 Å². The largest absolute Gasteiger partial charge is 0.492 e. The fourth-order valence-electron chi connectivity index (χ4n) is 2.80. The molecule has 0 bridgehead atoms. The van der Waals surface area contributed by atoms with E-state index in [1.807, 2.05) is 0 Å². The highest BCUT2D eigenvalue weighted by atomic mass is 35.5. The number of halogens is 4. The summed E-state index contributed by atoms with van der Waals surface area (Å²) in [6.45, 7) is 1.89. The third-order valence-corrected chi connectivity index (χ3v) is 4.30. The number of aromatic nitrogens is 2.